The van der Waals surface area contributed by atoms with Gasteiger partial charge in [-0.05, 0) is 37.3 Å². The number of furan rings is 1. The Morgan fingerprint density at radius 2 is 2.15 bits per heavy atom. The van der Waals surface area contributed by atoms with Gasteiger partial charge in [0, 0.05) is 31.1 Å². The van der Waals surface area contributed by atoms with Gasteiger partial charge < -0.3 is 14.6 Å². The lowest BCUT2D eigenvalue weighted by Crippen LogP contribution is -2.50. The van der Waals surface area contributed by atoms with E-state index in [0.29, 0.717) is 49.5 Å². The summed E-state index contributed by atoms with van der Waals surface area (Å²) >= 11 is 1.61. The number of hydrogen-bond acceptors (Lipinski definition) is 6. The van der Waals surface area contributed by atoms with Crippen molar-refractivity contribution in [2.75, 3.05) is 38.0 Å². The van der Waals surface area contributed by atoms with Crippen LogP contribution in [0.1, 0.15) is 34.5 Å². The SMILES string of the molecule is C[C@@H]1CCc2nc(NC(=O)CN3CCN(C(=O)c4ccco4)CC3)sc2C1. The third-order valence-electron chi connectivity index (χ3n) is 5.19. The number of aromatic nitrogens is 1. The molecule has 8 heteroatoms. The summed E-state index contributed by atoms with van der Waals surface area (Å²) in [4.78, 5) is 34.4. The van der Waals surface area contributed by atoms with E-state index in [1.807, 2.05) is 0 Å². The second-order valence-electron chi connectivity index (χ2n) is 7.33. The summed E-state index contributed by atoms with van der Waals surface area (Å²) in [5.74, 6) is 0.927. The first-order valence-electron chi connectivity index (χ1n) is 9.42. The molecule has 0 radical (unpaired) electrons. The fourth-order valence-corrected chi connectivity index (χ4v) is 4.81. The van der Waals surface area contributed by atoms with E-state index in [-0.39, 0.29) is 11.8 Å². The summed E-state index contributed by atoms with van der Waals surface area (Å²) < 4.78 is 5.17. The number of carbonyl (C=O) groups is 2. The van der Waals surface area contributed by atoms with Crippen LogP contribution < -0.4 is 5.32 Å². The summed E-state index contributed by atoms with van der Waals surface area (Å²) in [5, 5.41) is 3.66. The molecule has 1 saturated heterocycles. The fourth-order valence-electron chi connectivity index (χ4n) is 3.62. The Morgan fingerprint density at radius 1 is 1.33 bits per heavy atom. The Kier molecular flexibility index (Phi) is 5.27. The Labute approximate surface area is 162 Å². The van der Waals surface area contributed by atoms with Gasteiger partial charge in [0.05, 0.1) is 18.5 Å². The second kappa shape index (κ2) is 7.82. The summed E-state index contributed by atoms with van der Waals surface area (Å²) in [6.45, 7) is 5.12. The molecule has 1 N–H and O–H groups in total. The van der Waals surface area contributed by atoms with Gasteiger partial charge in [0.15, 0.2) is 10.9 Å². The Hall–Kier alpha value is -2.19. The highest BCUT2D eigenvalue weighted by Crippen LogP contribution is 2.32. The molecular formula is C19H24N4O3S. The summed E-state index contributed by atoms with van der Waals surface area (Å²) in [6.07, 6.45) is 4.75. The molecular weight excluding hydrogens is 364 g/mol. The largest absolute Gasteiger partial charge is 0.459 e. The van der Waals surface area contributed by atoms with E-state index in [1.165, 1.54) is 17.6 Å². The van der Waals surface area contributed by atoms with Crippen molar-refractivity contribution < 1.29 is 14.0 Å². The number of fused-ring (bicyclic) bond motifs is 1. The first-order chi connectivity index (χ1) is 13.1. The molecule has 1 aliphatic heterocycles. The molecule has 0 bridgehead atoms. The number of amides is 2. The van der Waals surface area contributed by atoms with Crippen LogP contribution in [0.2, 0.25) is 0 Å². The average Bonchev–Trinajstić information content (AvgIpc) is 3.30. The zero-order valence-electron chi connectivity index (χ0n) is 15.4. The summed E-state index contributed by atoms with van der Waals surface area (Å²) in [7, 11) is 0. The lowest BCUT2D eigenvalue weighted by Gasteiger charge is -2.33. The molecule has 3 heterocycles. The molecule has 2 amide bonds. The number of nitrogens with one attached hydrogen (secondary N) is 1. The van der Waals surface area contributed by atoms with Gasteiger partial charge in [0.1, 0.15) is 0 Å². The maximum Gasteiger partial charge on any atom is 0.289 e. The van der Waals surface area contributed by atoms with Gasteiger partial charge in [-0.25, -0.2) is 4.98 Å². The molecule has 1 aliphatic carbocycles. The number of nitrogens with zero attached hydrogens (tertiary/aromatic N) is 3. The molecule has 144 valence electrons. The first-order valence-corrected chi connectivity index (χ1v) is 10.2. The van der Waals surface area contributed by atoms with E-state index >= 15 is 0 Å². The van der Waals surface area contributed by atoms with E-state index in [0.717, 1.165) is 18.5 Å². The minimum absolute atomic E-state index is 0.0417. The van der Waals surface area contributed by atoms with Crippen molar-refractivity contribution in [2.45, 2.75) is 26.2 Å². The zero-order chi connectivity index (χ0) is 18.8. The van der Waals surface area contributed by atoms with Crippen molar-refractivity contribution >= 4 is 28.3 Å². The van der Waals surface area contributed by atoms with Gasteiger partial charge in [0.25, 0.3) is 5.91 Å². The van der Waals surface area contributed by atoms with Crippen molar-refractivity contribution in [2.24, 2.45) is 5.92 Å². The highest BCUT2D eigenvalue weighted by atomic mass is 32.1. The van der Waals surface area contributed by atoms with Gasteiger partial charge in [-0.3, -0.25) is 14.5 Å². The fraction of sp³-hybridized carbons (Fsp3) is 0.526. The average molecular weight is 388 g/mol. The van der Waals surface area contributed by atoms with Gasteiger partial charge >= 0.3 is 0 Å². The van der Waals surface area contributed by atoms with Crippen molar-refractivity contribution in [1.29, 1.82) is 0 Å². The standard InChI is InChI=1S/C19H24N4O3S/c1-13-4-5-14-16(11-13)27-19(20-14)21-17(24)12-22-6-8-23(9-7-22)18(25)15-3-2-10-26-15/h2-3,10,13H,4-9,11-12H2,1H3,(H,20,21,24)/t13-/m1/s1. The maximum atomic E-state index is 12.4. The monoisotopic (exact) mass is 388 g/mol. The normalized spacial score (nSPS) is 20.3. The highest BCUT2D eigenvalue weighted by Gasteiger charge is 2.25. The van der Waals surface area contributed by atoms with Crippen LogP contribution in [0.25, 0.3) is 0 Å². The number of anilines is 1. The second-order valence-corrected chi connectivity index (χ2v) is 8.41. The first kappa shape index (κ1) is 18.2. The third kappa shape index (κ3) is 4.22. The van der Waals surface area contributed by atoms with E-state index in [9.17, 15) is 9.59 Å². The molecule has 7 nitrogen and oxygen atoms in total. The lowest BCUT2D eigenvalue weighted by atomic mass is 9.93. The van der Waals surface area contributed by atoms with Crippen LogP contribution in [-0.2, 0) is 17.6 Å². The van der Waals surface area contributed by atoms with Crippen LogP contribution in [0.15, 0.2) is 22.8 Å². The zero-order valence-corrected chi connectivity index (χ0v) is 16.3. The minimum atomic E-state index is -0.0910. The molecule has 2 aliphatic rings. The molecule has 0 unspecified atom stereocenters. The van der Waals surface area contributed by atoms with Gasteiger partial charge in [-0.2, -0.15) is 0 Å². The van der Waals surface area contributed by atoms with Crippen molar-refractivity contribution in [3.63, 3.8) is 0 Å². The number of rotatable bonds is 4. The topological polar surface area (TPSA) is 78.7 Å². The molecule has 4 rings (SSSR count). The summed E-state index contributed by atoms with van der Waals surface area (Å²) in [6, 6.07) is 3.39. The molecule has 1 fully saturated rings. The van der Waals surface area contributed by atoms with E-state index in [1.54, 1.807) is 28.4 Å². The highest BCUT2D eigenvalue weighted by molar-refractivity contribution is 7.15. The van der Waals surface area contributed by atoms with E-state index in [2.05, 4.69) is 22.1 Å². The number of carbonyl (C=O) groups excluding carboxylic acids is 2. The molecule has 0 aromatic carbocycles. The lowest BCUT2D eigenvalue weighted by molar-refractivity contribution is -0.117. The third-order valence-corrected chi connectivity index (χ3v) is 6.23. The number of hydrogen-bond donors (Lipinski definition) is 1. The summed E-state index contributed by atoms with van der Waals surface area (Å²) in [5.41, 5.74) is 1.15. The molecule has 1 atom stereocenters. The molecule has 2 aromatic rings. The molecule has 0 spiro atoms. The maximum absolute atomic E-state index is 12.4. The molecule has 0 saturated carbocycles. The van der Waals surface area contributed by atoms with Crippen molar-refractivity contribution in [1.82, 2.24) is 14.8 Å². The van der Waals surface area contributed by atoms with Crippen LogP contribution >= 0.6 is 11.3 Å². The van der Waals surface area contributed by atoms with Gasteiger partial charge in [0.2, 0.25) is 5.91 Å². The van der Waals surface area contributed by atoms with Gasteiger partial charge in [-0.1, -0.05) is 6.92 Å². The number of piperazine rings is 1. The molecule has 2 aromatic heterocycles. The Bertz CT molecular complexity index is 809. The van der Waals surface area contributed by atoms with E-state index in [4.69, 9.17) is 4.42 Å². The smallest absolute Gasteiger partial charge is 0.289 e. The van der Waals surface area contributed by atoms with E-state index < -0.39 is 0 Å². The number of thiazole rings is 1. The van der Waals surface area contributed by atoms with Crippen LogP contribution in [0, 0.1) is 5.92 Å². The van der Waals surface area contributed by atoms with Crippen LogP contribution in [0.5, 0.6) is 0 Å². The van der Waals surface area contributed by atoms with Crippen molar-refractivity contribution in [3.05, 3.63) is 34.7 Å². The predicted octanol–water partition coefficient (Wildman–Crippen LogP) is 2.26. The quantitative estimate of drug-likeness (QED) is 0.869. The van der Waals surface area contributed by atoms with Crippen LogP contribution in [0.4, 0.5) is 5.13 Å². The van der Waals surface area contributed by atoms with Gasteiger partial charge in [-0.15, -0.1) is 11.3 Å². The number of aryl methyl sites for hydroxylation is 1. The predicted molar refractivity (Wildman–Crippen MR) is 103 cm³/mol. The Balaban J connectivity index is 1.26. The minimum Gasteiger partial charge on any atom is -0.459 e. The van der Waals surface area contributed by atoms with Crippen molar-refractivity contribution in [3.8, 4) is 0 Å². The molecule has 27 heavy (non-hydrogen) atoms. The van der Waals surface area contributed by atoms with Crippen LogP contribution in [-0.4, -0.2) is 59.3 Å². The van der Waals surface area contributed by atoms with Crippen LogP contribution in [0.3, 0.4) is 0 Å². The Morgan fingerprint density at radius 3 is 2.89 bits per heavy atom.